The van der Waals surface area contributed by atoms with Crippen molar-refractivity contribution in [1.82, 2.24) is 5.32 Å². The lowest BCUT2D eigenvalue weighted by molar-refractivity contribution is -0.121. The molecule has 0 bridgehead atoms. The number of halogens is 1. The van der Waals surface area contributed by atoms with Crippen molar-refractivity contribution in [2.24, 2.45) is 5.92 Å². The number of benzene rings is 1. The Bertz CT molecular complexity index is 435. The lowest BCUT2D eigenvalue weighted by Gasteiger charge is -2.12. The third kappa shape index (κ3) is 3.93. The number of amides is 1. The molecule has 1 aromatic carbocycles. The van der Waals surface area contributed by atoms with E-state index in [9.17, 15) is 9.90 Å². The quantitative estimate of drug-likeness (QED) is 0.776. The van der Waals surface area contributed by atoms with Crippen LogP contribution in [-0.4, -0.2) is 34.9 Å². The van der Waals surface area contributed by atoms with Gasteiger partial charge in [0, 0.05) is 23.6 Å². The minimum atomic E-state index is -0.522. The van der Waals surface area contributed by atoms with Crippen molar-refractivity contribution in [2.75, 3.05) is 6.61 Å². The Kier molecular flexibility index (Phi) is 4.80. The van der Waals surface area contributed by atoms with Gasteiger partial charge in [0.2, 0.25) is 5.91 Å². The summed E-state index contributed by atoms with van der Waals surface area (Å²) in [6.45, 7) is -0.0370. The molecule has 0 spiro atoms. The molecule has 3 N–H and O–H groups in total. The SMILES string of the molecule is O=C(Cc1ccc(Cl)cc1)N[C@H]1C[C@H](CO)[C@@H](O)C1. The number of aliphatic hydroxyl groups excluding tert-OH is 2. The Balaban J connectivity index is 1.83. The number of rotatable bonds is 4. The van der Waals surface area contributed by atoms with Crippen LogP contribution in [0.15, 0.2) is 24.3 Å². The fourth-order valence-corrected chi connectivity index (χ4v) is 2.61. The second kappa shape index (κ2) is 6.37. The van der Waals surface area contributed by atoms with Crippen LogP contribution in [-0.2, 0) is 11.2 Å². The topological polar surface area (TPSA) is 69.6 Å². The Labute approximate surface area is 117 Å². The summed E-state index contributed by atoms with van der Waals surface area (Å²) in [4.78, 5) is 11.9. The van der Waals surface area contributed by atoms with Gasteiger partial charge >= 0.3 is 0 Å². The summed E-state index contributed by atoms with van der Waals surface area (Å²) in [5.74, 6) is -0.195. The van der Waals surface area contributed by atoms with Crippen molar-refractivity contribution >= 4 is 17.5 Å². The van der Waals surface area contributed by atoms with Gasteiger partial charge in [0.1, 0.15) is 0 Å². The van der Waals surface area contributed by atoms with Crippen LogP contribution in [0.3, 0.4) is 0 Å². The number of aliphatic hydroxyl groups is 2. The summed E-state index contributed by atoms with van der Waals surface area (Å²) >= 11 is 5.78. The number of hydrogen-bond donors (Lipinski definition) is 3. The molecule has 0 heterocycles. The van der Waals surface area contributed by atoms with Crippen molar-refractivity contribution in [3.8, 4) is 0 Å². The maximum Gasteiger partial charge on any atom is 0.224 e. The van der Waals surface area contributed by atoms with Gasteiger partial charge in [-0.05, 0) is 30.5 Å². The highest BCUT2D eigenvalue weighted by molar-refractivity contribution is 6.30. The predicted octanol–water partition coefficient (Wildman–Crippen LogP) is 1.13. The molecule has 2 rings (SSSR count). The van der Waals surface area contributed by atoms with Crippen LogP contribution < -0.4 is 5.32 Å². The first-order valence-corrected chi connectivity index (χ1v) is 6.79. The number of carbonyl (C=O) groups is 1. The van der Waals surface area contributed by atoms with Crippen LogP contribution in [0.1, 0.15) is 18.4 Å². The lowest BCUT2D eigenvalue weighted by Crippen LogP contribution is -2.34. The first-order chi connectivity index (χ1) is 9.08. The third-order valence-electron chi connectivity index (χ3n) is 3.53. The number of hydrogen-bond acceptors (Lipinski definition) is 3. The fraction of sp³-hybridized carbons (Fsp3) is 0.500. The van der Waals surface area contributed by atoms with Gasteiger partial charge in [0.05, 0.1) is 12.5 Å². The van der Waals surface area contributed by atoms with Crippen molar-refractivity contribution in [1.29, 1.82) is 0 Å². The van der Waals surface area contributed by atoms with Crippen LogP contribution >= 0.6 is 11.6 Å². The predicted molar refractivity (Wildman–Crippen MR) is 72.9 cm³/mol. The molecule has 1 fully saturated rings. The van der Waals surface area contributed by atoms with E-state index in [0.29, 0.717) is 24.3 Å². The van der Waals surface area contributed by atoms with E-state index in [1.54, 1.807) is 12.1 Å². The van der Waals surface area contributed by atoms with E-state index in [2.05, 4.69) is 5.32 Å². The van der Waals surface area contributed by atoms with Crippen LogP contribution in [0.25, 0.3) is 0 Å². The van der Waals surface area contributed by atoms with Crippen molar-refractivity contribution in [3.63, 3.8) is 0 Å². The molecule has 0 radical (unpaired) electrons. The summed E-state index contributed by atoms with van der Waals surface area (Å²) in [5.41, 5.74) is 0.902. The average Bonchev–Trinajstić information content (AvgIpc) is 2.72. The van der Waals surface area contributed by atoms with Crippen LogP contribution in [0.4, 0.5) is 0 Å². The molecule has 0 saturated heterocycles. The van der Waals surface area contributed by atoms with Gasteiger partial charge < -0.3 is 15.5 Å². The Morgan fingerprint density at radius 2 is 2.00 bits per heavy atom. The number of carbonyl (C=O) groups excluding carboxylic acids is 1. The molecule has 1 aromatic rings. The minimum Gasteiger partial charge on any atom is -0.396 e. The fourth-order valence-electron chi connectivity index (χ4n) is 2.48. The molecule has 4 nitrogen and oxygen atoms in total. The zero-order chi connectivity index (χ0) is 13.8. The average molecular weight is 284 g/mol. The van der Waals surface area contributed by atoms with E-state index < -0.39 is 6.10 Å². The molecule has 1 saturated carbocycles. The summed E-state index contributed by atoms with van der Waals surface area (Å²) < 4.78 is 0. The number of nitrogens with one attached hydrogen (secondary N) is 1. The summed E-state index contributed by atoms with van der Waals surface area (Å²) in [6, 6.07) is 7.10. The molecule has 0 aromatic heterocycles. The molecule has 1 amide bonds. The highest BCUT2D eigenvalue weighted by atomic mass is 35.5. The molecule has 3 atom stereocenters. The van der Waals surface area contributed by atoms with Gasteiger partial charge in [0.15, 0.2) is 0 Å². The standard InChI is InChI=1S/C14H18ClNO3/c15-11-3-1-9(2-4-11)5-14(19)16-12-6-10(8-17)13(18)7-12/h1-4,10,12-13,17-18H,5-8H2,(H,16,19)/t10-,12+,13+/m1/s1. The van der Waals surface area contributed by atoms with E-state index in [1.165, 1.54) is 0 Å². The Morgan fingerprint density at radius 3 is 2.58 bits per heavy atom. The first-order valence-electron chi connectivity index (χ1n) is 6.41. The van der Waals surface area contributed by atoms with Crippen molar-refractivity contribution in [3.05, 3.63) is 34.9 Å². The molecule has 1 aliphatic carbocycles. The summed E-state index contributed by atoms with van der Waals surface area (Å²) in [7, 11) is 0. The van der Waals surface area contributed by atoms with Gasteiger partial charge in [-0.1, -0.05) is 23.7 Å². The molecule has 0 unspecified atom stereocenters. The molecule has 19 heavy (non-hydrogen) atoms. The highest BCUT2D eigenvalue weighted by Gasteiger charge is 2.33. The van der Waals surface area contributed by atoms with Gasteiger partial charge in [-0.25, -0.2) is 0 Å². The van der Waals surface area contributed by atoms with Gasteiger partial charge in [-0.15, -0.1) is 0 Å². The minimum absolute atomic E-state index is 0.0370. The maximum absolute atomic E-state index is 11.9. The second-order valence-electron chi connectivity index (χ2n) is 5.05. The molecule has 1 aliphatic rings. The molecule has 0 aliphatic heterocycles. The maximum atomic E-state index is 11.9. The van der Waals surface area contributed by atoms with Crippen LogP contribution in [0, 0.1) is 5.92 Å². The van der Waals surface area contributed by atoms with Crippen LogP contribution in [0.5, 0.6) is 0 Å². The smallest absolute Gasteiger partial charge is 0.224 e. The normalized spacial score (nSPS) is 26.4. The van der Waals surface area contributed by atoms with Crippen molar-refractivity contribution in [2.45, 2.75) is 31.4 Å². The zero-order valence-electron chi connectivity index (χ0n) is 10.6. The van der Waals surface area contributed by atoms with E-state index in [-0.39, 0.29) is 24.5 Å². The van der Waals surface area contributed by atoms with E-state index in [4.69, 9.17) is 16.7 Å². The second-order valence-corrected chi connectivity index (χ2v) is 5.49. The van der Waals surface area contributed by atoms with Gasteiger partial charge in [-0.2, -0.15) is 0 Å². The Morgan fingerprint density at radius 1 is 1.32 bits per heavy atom. The van der Waals surface area contributed by atoms with E-state index in [0.717, 1.165) is 5.56 Å². The molecular formula is C14H18ClNO3. The first kappa shape index (κ1) is 14.3. The molecule has 104 valence electrons. The van der Waals surface area contributed by atoms with E-state index >= 15 is 0 Å². The summed E-state index contributed by atoms with van der Waals surface area (Å²) in [6.07, 6.45) is 0.917. The largest absolute Gasteiger partial charge is 0.396 e. The highest BCUT2D eigenvalue weighted by Crippen LogP contribution is 2.25. The Hall–Kier alpha value is -1.10. The molecule has 5 heteroatoms. The zero-order valence-corrected chi connectivity index (χ0v) is 11.3. The van der Waals surface area contributed by atoms with Crippen molar-refractivity contribution < 1.29 is 15.0 Å². The third-order valence-corrected chi connectivity index (χ3v) is 3.79. The molecular weight excluding hydrogens is 266 g/mol. The van der Waals surface area contributed by atoms with Crippen LogP contribution in [0.2, 0.25) is 5.02 Å². The van der Waals surface area contributed by atoms with Gasteiger partial charge in [0.25, 0.3) is 0 Å². The lowest BCUT2D eigenvalue weighted by atomic mass is 10.1. The monoisotopic (exact) mass is 283 g/mol. The summed E-state index contributed by atoms with van der Waals surface area (Å²) in [5, 5.41) is 22.3. The van der Waals surface area contributed by atoms with Gasteiger partial charge in [-0.3, -0.25) is 4.79 Å². The van der Waals surface area contributed by atoms with E-state index in [1.807, 2.05) is 12.1 Å².